The molecule has 0 amide bonds. The van der Waals surface area contributed by atoms with Crippen molar-refractivity contribution in [2.24, 2.45) is 0 Å². The molecule has 0 saturated carbocycles. The molecule has 104 valence electrons. The normalized spacial score (nSPS) is 10.2. The van der Waals surface area contributed by atoms with Crippen molar-refractivity contribution >= 4 is 5.97 Å². The monoisotopic (exact) mass is 268 g/mol. The Bertz CT molecular complexity index is 529. The molecule has 0 saturated heterocycles. The lowest BCUT2D eigenvalue weighted by atomic mass is 10.1. The van der Waals surface area contributed by atoms with Crippen molar-refractivity contribution in [2.45, 2.75) is 32.6 Å². The van der Waals surface area contributed by atoms with Crippen molar-refractivity contribution in [3.05, 3.63) is 54.6 Å². The Kier molecular flexibility index (Phi) is 5.36. The van der Waals surface area contributed by atoms with Gasteiger partial charge in [-0.25, -0.2) is 0 Å². The van der Waals surface area contributed by atoms with Crippen LogP contribution in [0, 0.1) is 0 Å². The van der Waals surface area contributed by atoms with Crippen molar-refractivity contribution in [1.29, 1.82) is 0 Å². The molecule has 0 aromatic heterocycles. The van der Waals surface area contributed by atoms with Crippen LogP contribution in [0.25, 0.3) is 11.1 Å². The van der Waals surface area contributed by atoms with Crippen molar-refractivity contribution in [3.63, 3.8) is 0 Å². The van der Waals surface area contributed by atoms with Gasteiger partial charge in [-0.05, 0) is 29.7 Å². The van der Waals surface area contributed by atoms with Gasteiger partial charge in [0.2, 0.25) is 0 Å². The van der Waals surface area contributed by atoms with Crippen LogP contribution in [0.5, 0.6) is 5.75 Å². The van der Waals surface area contributed by atoms with E-state index in [0.717, 1.165) is 30.4 Å². The van der Waals surface area contributed by atoms with Crippen LogP contribution in [0.15, 0.2) is 54.6 Å². The fraction of sp³-hybridized carbons (Fsp3) is 0.278. The largest absolute Gasteiger partial charge is 0.427 e. The Labute approximate surface area is 120 Å². The van der Waals surface area contributed by atoms with Crippen LogP contribution >= 0.6 is 0 Å². The van der Waals surface area contributed by atoms with E-state index in [0.29, 0.717) is 12.2 Å². The van der Waals surface area contributed by atoms with Gasteiger partial charge in [0, 0.05) is 6.42 Å². The second kappa shape index (κ2) is 7.49. The standard InChI is InChI=1S/C18H20O2/c1-2-3-5-10-18(19)20-17-13-11-16(12-14-17)15-8-6-4-7-9-15/h4,6-9,11-14H,2-3,5,10H2,1H3. The van der Waals surface area contributed by atoms with E-state index in [2.05, 4.69) is 19.1 Å². The van der Waals surface area contributed by atoms with Gasteiger partial charge >= 0.3 is 5.97 Å². The SMILES string of the molecule is CCCCCC(=O)Oc1ccc(-c2ccccc2)cc1. The summed E-state index contributed by atoms with van der Waals surface area (Å²) in [5, 5.41) is 0. The molecule has 0 radical (unpaired) electrons. The summed E-state index contributed by atoms with van der Waals surface area (Å²) >= 11 is 0. The lowest BCUT2D eigenvalue weighted by Gasteiger charge is -2.06. The third-order valence-electron chi connectivity index (χ3n) is 3.18. The summed E-state index contributed by atoms with van der Waals surface area (Å²) in [6.07, 6.45) is 3.58. The first-order chi connectivity index (χ1) is 9.79. The predicted molar refractivity (Wildman–Crippen MR) is 81.7 cm³/mol. The third-order valence-corrected chi connectivity index (χ3v) is 3.18. The lowest BCUT2D eigenvalue weighted by Crippen LogP contribution is -2.07. The minimum Gasteiger partial charge on any atom is -0.427 e. The molecular formula is C18H20O2. The Morgan fingerprint density at radius 2 is 1.55 bits per heavy atom. The average molecular weight is 268 g/mol. The first-order valence-corrected chi connectivity index (χ1v) is 7.16. The van der Waals surface area contributed by atoms with Crippen LogP contribution in [0.2, 0.25) is 0 Å². The molecule has 0 spiro atoms. The highest BCUT2D eigenvalue weighted by atomic mass is 16.5. The summed E-state index contributed by atoms with van der Waals surface area (Å²) < 4.78 is 5.31. The second-order valence-corrected chi connectivity index (χ2v) is 4.82. The number of carbonyl (C=O) groups is 1. The fourth-order valence-electron chi connectivity index (χ4n) is 2.05. The van der Waals surface area contributed by atoms with Gasteiger partial charge in [-0.2, -0.15) is 0 Å². The highest BCUT2D eigenvalue weighted by molar-refractivity contribution is 5.73. The van der Waals surface area contributed by atoms with E-state index in [1.165, 1.54) is 0 Å². The molecule has 0 aliphatic rings. The number of carbonyl (C=O) groups excluding carboxylic acids is 1. The molecule has 0 bridgehead atoms. The number of hydrogen-bond acceptors (Lipinski definition) is 2. The predicted octanol–water partition coefficient (Wildman–Crippen LogP) is 4.84. The van der Waals surface area contributed by atoms with Gasteiger partial charge in [0.05, 0.1) is 0 Å². The van der Waals surface area contributed by atoms with E-state index in [9.17, 15) is 4.79 Å². The first kappa shape index (κ1) is 14.3. The Morgan fingerprint density at radius 3 is 2.20 bits per heavy atom. The first-order valence-electron chi connectivity index (χ1n) is 7.16. The molecule has 0 unspecified atom stereocenters. The molecule has 0 aliphatic carbocycles. The van der Waals surface area contributed by atoms with Crippen molar-refractivity contribution < 1.29 is 9.53 Å². The zero-order valence-corrected chi connectivity index (χ0v) is 11.8. The van der Waals surface area contributed by atoms with Gasteiger partial charge in [0.15, 0.2) is 0 Å². The molecule has 2 nitrogen and oxygen atoms in total. The minimum absolute atomic E-state index is 0.147. The minimum atomic E-state index is -0.147. The highest BCUT2D eigenvalue weighted by Gasteiger charge is 2.04. The summed E-state index contributed by atoms with van der Waals surface area (Å²) in [5.41, 5.74) is 2.28. The maximum atomic E-state index is 11.6. The van der Waals surface area contributed by atoms with Crippen LogP contribution in [0.4, 0.5) is 0 Å². The number of rotatable bonds is 6. The van der Waals surface area contributed by atoms with Gasteiger partial charge in [0.1, 0.15) is 5.75 Å². The second-order valence-electron chi connectivity index (χ2n) is 4.82. The number of unbranched alkanes of at least 4 members (excludes halogenated alkanes) is 2. The number of benzene rings is 2. The van der Waals surface area contributed by atoms with Crippen LogP contribution in [0.3, 0.4) is 0 Å². The zero-order chi connectivity index (χ0) is 14.2. The fourth-order valence-corrected chi connectivity index (χ4v) is 2.05. The van der Waals surface area contributed by atoms with Gasteiger partial charge in [-0.1, -0.05) is 62.2 Å². The lowest BCUT2D eigenvalue weighted by molar-refractivity contribution is -0.134. The summed E-state index contributed by atoms with van der Waals surface area (Å²) in [6.45, 7) is 2.12. The van der Waals surface area contributed by atoms with Gasteiger partial charge < -0.3 is 4.74 Å². The van der Waals surface area contributed by atoms with E-state index in [1.54, 1.807) is 0 Å². The van der Waals surface area contributed by atoms with Crippen molar-refractivity contribution in [1.82, 2.24) is 0 Å². The summed E-state index contributed by atoms with van der Waals surface area (Å²) in [5.74, 6) is 0.470. The Morgan fingerprint density at radius 1 is 0.900 bits per heavy atom. The molecule has 20 heavy (non-hydrogen) atoms. The summed E-state index contributed by atoms with van der Waals surface area (Å²) in [7, 11) is 0. The van der Waals surface area contributed by atoms with E-state index < -0.39 is 0 Å². The van der Waals surface area contributed by atoms with E-state index in [-0.39, 0.29) is 5.97 Å². The number of esters is 1. The molecule has 2 rings (SSSR count). The molecule has 0 atom stereocenters. The summed E-state index contributed by atoms with van der Waals surface area (Å²) in [4.78, 5) is 11.6. The highest BCUT2D eigenvalue weighted by Crippen LogP contribution is 2.22. The van der Waals surface area contributed by atoms with Crippen LogP contribution in [-0.4, -0.2) is 5.97 Å². The average Bonchev–Trinajstić information content (AvgIpc) is 2.49. The van der Waals surface area contributed by atoms with Gasteiger partial charge in [-0.3, -0.25) is 4.79 Å². The molecule has 2 heteroatoms. The molecule has 0 aliphatic heterocycles. The molecule has 0 fully saturated rings. The van der Waals surface area contributed by atoms with Crippen LogP contribution in [-0.2, 0) is 4.79 Å². The Hall–Kier alpha value is -2.09. The molecule has 0 heterocycles. The Balaban J connectivity index is 1.93. The van der Waals surface area contributed by atoms with Crippen LogP contribution in [0.1, 0.15) is 32.6 Å². The topological polar surface area (TPSA) is 26.3 Å². The number of ether oxygens (including phenoxy) is 1. The quantitative estimate of drug-likeness (QED) is 0.426. The third kappa shape index (κ3) is 4.23. The maximum Gasteiger partial charge on any atom is 0.311 e. The molecular weight excluding hydrogens is 248 g/mol. The van der Waals surface area contributed by atoms with Crippen molar-refractivity contribution in [2.75, 3.05) is 0 Å². The van der Waals surface area contributed by atoms with Gasteiger partial charge in [-0.15, -0.1) is 0 Å². The molecule has 2 aromatic carbocycles. The van der Waals surface area contributed by atoms with Gasteiger partial charge in [0.25, 0.3) is 0 Å². The van der Waals surface area contributed by atoms with Crippen LogP contribution < -0.4 is 4.74 Å². The summed E-state index contributed by atoms with van der Waals surface area (Å²) in [6, 6.07) is 17.8. The van der Waals surface area contributed by atoms with Crippen molar-refractivity contribution in [3.8, 4) is 16.9 Å². The zero-order valence-electron chi connectivity index (χ0n) is 11.8. The maximum absolute atomic E-state index is 11.6. The molecule has 2 aromatic rings. The smallest absolute Gasteiger partial charge is 0.311 e. The van der Waals surface area contributed by atoms with E-state index in [1.807, 2.05) is 42.5 Å². The van der Waals surface area contributed by atoms with E-state index >= 15 is 0 Å². The number of hydrogen-bond donors (Lipinski definition) is 0. The molecule has 0 N–H and O–H groups in total. The van der Waals surface area contributed by atoms with E-state index in [4.69, 9.17) is 4.74 Å².